The first-order chi connectivity index (χ1) is 39.6. The smallest absolute Gasteiger partial charge is 0.166 e. The summed E-state index contributed by atoms with van der Waals surface area (Å²) in [4.78, 5) is 14.6. The van der Waals surface area contributed by atoms with Gasteiger partial charge >= 0.3 is 0 Å². The Morgan fingerprint density at radius 2 is 1.30 bits per heavy atom. The molecule has 2 heterocycles. The fourth-order valence-electron chi connectivity index (χ4n) is 10.7. The first-order valence-electron chi connectivity index (χ1n) is 28.7. The molecule has 0 aromatic heterocycles. The van der Waals surface area contributed by atoms with E-state index in [1.807, 2.05) is 18.2 Å². The van der Waals surface area contributed by atoms with E-state index in [2.05, 4.69) is 104 Å². The molecule has 3 aromatic carbocycles. The van der Waals surface area contributed by atoms with E-state index in [0.717, 1.165) is 86.0 Å². The molecule has 18 nitrogen and oxygen atoms in total. The van der Waals surface area contributed by atoms with Crippen LogP contribution >= 0.6 is 31.9 Å². The van der Waals surface area contributed by atoms with Crippen LogP contribution in [0.15, 0.2) is 78.4 Å². The molecule has 2 bridgehead atoms. The number of aliphatic hydroxyl groups is 4. The van der Waals surface area contributed by atoms with Gasteiger partial charge in [0.1, 0.15) is 30.9 Å². The quantitative estimate of drug-likeness (QED) is 0.0183. The van der Waals surface area contributed by atoms with Gasteiger partial charge in [-0.15, -0.1) is 0 Å². The highest BCUT2D eigenvalue weighted by molar-refractivity contribution is 9.09. The van der Waals surface area contributed by atoms with E-state index in [1.54, 1.807) is 6.07 Å². The van der Waals surface area contributed by atoms with Crippen molar-refractivity contribution in [2.75, 3.05) is 169 Å². The normalized spacial score (nSPS) is 21.2. The molecule has 8 rings (SSSR count). The van der Waals surface area contributed by atoms with Crippen LogP contribution in [-0.4, -0.2) is 229 Å². The summed E-state index contributed by atoms with van der Waals surface area (Å²) in [7, 11) is 2.13. The predicted molar refractivity (Wildman–Crippen MR) is 317 cm³/mol. The highest BCUT2D eigenvalue weighted by Crippen LogP contribution is 2.66. The molecule has 1 saturated heterocycles. The maximum atomic E-state index is 12.6. The minimum Gasteiger partial charge on any atom is -0.504 e. The van der Waals surface area contributed by atoms with Crippen LogP contribution in [0.2, 0.25) is 0 Å². The molecule has 5 atom stereocenters. The summed E-state index contributed by atoms with van der Waals surface area (Å²) in [6.45, 7) is 14.0. The van der Waals surface area contributed by atoms with Crippen LogP contribution in [0.5, 0.6) is 17.2 Å². The summed E-state index contributed by atoms with van der Waals surface area (Å²) >= 11 is 6.44. The Hall–Kier alpha value is -3.13. The number of alkyl halides is 2. The molecule has 2 aliphatic heterocycles. The van der Waals surface area contributed by atoms with E-state index in [9.17, 15) is 15.0 Å². The standard InChI is InChI=1S/C43H54N2O6.C6H13BrO3.C6H11BrO3.C6H14O4/c1-30-8-13-35(14-9-30)50-37(32-6-4-3-5-7-32)17-21-44(2)23-25-49-27-26-48-24-18-33-16-19-43(47)38-28-34-12-15-36(46)40-39(34)42(43,41(33)51-40)20-22-45(38)29-31-10-11-31;3*7-1-3-9-5-6-10-4-2-8/h3-9,12-15,18,31,37-38,41,46-47H,10-11,16-17,19-29H2,1-2H3;8H,1-6H2;2H,1,3-6H2;7-8H,1-6H2/b33-18-;;;/t37?,38-,41?,42+,43-;;;/m1.../s1. The van der Waals surface area contributed by atoms with Crippen molar-refractivity contribution < 1.29 is 77.7 Å². The minimum atomic E-state index is -0.868. The van der Waals surface area contributed by atoms with E-state index in [-0.39, 0.29) is 50.4 Å². The Morgan fingerprint density at radius 3 is 1.88 bits per heavy atom. The average molecular weight is 1270 g/mol. The molecule has 456 valence electrons. The molecular weight excluding hydrogens is 1180 g/mol. The largest absolute Gasteiger partial charge is 0.504 e. The van der Waals surface area contributed by atoms with Crippen molar-refractivity contribution in [3.63, 3.8) is 0 Å². The second kappa shape index (κ2) is 39.5. The first-order valence-corrected chi connectivity index (χ1v) is 31.0. The van der Waals surface area contributed by atoms with E-state index >= 15 is 0 Å². The molecule has 0 amide bonds. The summed E-state index contributed by atoms with van der Waals surface area (Å²) in [5, 5.41) is 50.0. The lowest BCUT2D eigenvalue weighted by Gasteiger charge is -2.63. The van der Waals surface area contributed by atoms with Gasteiger partial charge < -0.3 is 82.6 Å². The van der Waals surface area contributed by atoms with Crippen LogP contribution in [0.3, 0.4) is 0 Å². The highest BCUT2D eigenvalue weighted by atomic mass is 79.9. The van der Waals surface area contributed by atoms with E-state index in [1.165, 1.54) is 35.1 Å². The van der Waals surface area contributed by atoms with Crippen molar-refractivity contribution >= 4 is 38.1 Å². The van der Waals surface area contributed by atoms with Crippen molar-refractivity contribution in [2.24, 2.45) is 5.92 Å². The van der Waals surface area contributed by atoms with Crippen LogP contribution in [0.4, 0.5) is 0 Å². The van der Waals surface area contributed by atoms with Gasteiger partial charge in [-0.2, -0.15) is 0 Å². The molecule has 5 N–H and O–H groups in total. The van der Waals surface area contributed by atoms with Gasteiger partial charge in [0.05, 0.1) is 130 Å². The lowest BCUT2D eigenvalue weighted by atomic mass is 9.48. The number of phenolic OH excluding ortho intramolecular Hbond substituents is 1. The number of aldehydes is 1. The van der Waals surface area contributed by atoms with Crippen molar-refractivity contribution in [2.45, 2.75) is 81.1 Å². The fraction of sp³-hybridized carbons (Fsp3) is 0.656. The number of likely N-dealkylation sites (N-methyl/N-ethyl adjacent to an activating group) is 1. The van der Waals surface area contributed by atoms with Gasteiger partial charge in [0.2, 0.25) is 0 Å². The number of carbonyl (C=O) groups is 1. The second-order valence-electron chi connectivity index (χ2n) is 20.5. The SMILES string of the molecule is Cc1ccc(OC(CCN(C)CCOCCOC/C=C2/CC[C@@]3(O)[C@H]4Cc5ccc(O)c6c5[C@@]3(CCN4CC3CC3)C2O6)c2ccccc2)cc1.O=CCOCCOCCBr.OCCOCCOCCBr.OCCOCCOCCO. The topological polar surface area (TPSA) is 217 Å². The van der Waals surface area contributed by atoms with Crippen molar-refractivity contribution in [3.05, 3.63) is 101 Å². The number of rotatable bonds is 37. The highest BCUT2D eigenvalue weighted by Gasteiger charge is 2.72. The lowest BCUT2D eigenvalue weighted by molar-refractivity contribution is -0.174. The maximum Gasteiger partial charge on any atom is 0.166 e. The number of nitrogens with zero attached hydrogens (tertiary/aromatic N) is 2. The predicted octanol–water partition coefficient (Wildman–Crippen LogP) is 6.39. The number of hydrogen-bond donors (Lipinski definition) is 5. The molecule has 1 spiro atoms. The number of aryl methyl sites for hydroxylation is 1. The molecule has 2 unspecified atom stereocenters. The van der Waals surface area contributed by atoms with E-state index in [0.29, 0.717) is 111 Å². The third-order valence-corrected chi connectivity index (χ3v) is 15.4. The molecule has 3 aliphatic carbocycles. The second-order valence-corrected chi connectivity index (χ2v) is 22.1. The minimum absolute atomic E-state index is 0.0198. The van der Waals surface area contributed by atoms with Crippen LogP contribution in [0, 0.1) is 12.8 Å². The van der Waals surface area contributed by atoms with Gasteiger partial charge in [-0.1, -0.05) is 92.0 Å². The number of benzene rings is 3. The van der Waals surface area contributed by atoms with Gasteiger partial charge in [0, 0.05) is 48.3 Å². The Balaban J connectivity index is 0.000000328. The molecule has 3 aromatic rings. The number of phenols is 1. The maximum absolute atomic E-state index is 12.6. The van der Waals surface area contributed by atoms with Gasteiger partial charge in [-0.05, 0) is 99.9 Å². The zero-order valence-electron chi connectivity index (χ0n) is 47.8. The zero-order valence-corrected chi connectivity index (χ0v) is 51.0. The van der Waals surface area contributed by atoms with Crippen molar-refractivity contribution in [1.29, 1.82) is 0 Å². The summed E-state index contributed by atoms with van der Waals surface area (Å²) < 4.78 is 54.7. The van der Waals surface area contributed by atoms with Crippen molar-refractivity contribution in [1.82, 2.24) is 9.80 Å². The monoisotopic (exact) mass is 1270 g/mol. The Labute approximate surface area is 497 Å². The molecule has 2 saturated carbocycles. The van der Waals surface area contributed by atoms with Gasteiger partial charge in [0.15, 0.2) is 11.5 Å². The molecule has 81 heavy (non-hydrogen) atoms. The molecule has 5 aliphatic rings. The van der Waals surface area contributed by atoms with Gasteiger partial charge in [0.25, 0.3) is 0 Å². The average Bonchev–Trinajstić information content (AvgIpc) is 4.15. The zero-order chi connectivity index (χ0) is 58.0. The third-order valence-electron chi connectivity index (χ3n) is 14.8. The van der Waals surface area contributed by atoms with E-state index < -0.39 is 11.0 Å². The molecule has 20 heteroatoms. The van der Waals surface area contributed by atoms with Crippen LogP contribution in [0.25, 0.3) is 0 Å². The number of likely N-dealkylation sites (tertiary alicyclic amines) is 1. The summed E-state index contributed by atoms with van der Waals surface area (Å²) in [6.07, 6.45) is 9.23. The van der Waals surface area contributed by atoms with E-state index in [4.69, 9.17) is 62.7 Å². The Bertz CT molecular complexity index is 2150. The lowest BCUT2D eigenvalue weighted by Crippen LogP contribution is -2.75. The van der Waals surface area contributed by atoms with Crippen LogP contribution in [0.1, 0.15) is 66.9 Å². The summed E-state index contributed by atoms with van der Waals surface area (Å²) in [5.74, 6) is 2.44. The fourth-order valence-corrected chi connectivity index (χ4v) is 11.2. The third kappa shape index (κ3) is 22.3. The Kier molecular flexibility index (Phi) is 33.5. The van der Waals surface area contributed by atoms with Crippen LogP contribution in [-0.2, 0) is 54.5 Å². The summed E-state index contributed by atoms with van der Waals surface area (Å²) in [5.41, 5.74) is 4.49. The summed E-state index contributed by atoms with van der Waals surface area (Å²) in [6, 6.07) is 22.6. The number of carbonyl (C=O) groups excluding carboxylic acids is 1. The molecule has 0 radical (unpaired) electrons. The Morgan fingerprint density at radius 1 is 0.716 bits per heavy atom. The number of ether oxygens (including phenoxy) is 10. The number of aliphatic hydroxyl groups excluding tert-OH is 3. The number of piperidine rings is 1. The van der Waals surface area contributed by atoms with Gasteiger partial charge in [-0.3, -0.25) is 4.90 Å². The number of aromatic hydroxyl groups is 1. The molecule has 3 fully saturated rings. The van der Waals surface area contributed by atoms with Crippen molar-refractivity contribution in [3.8, 4) is 17.2 Å². The number of halogens is 2. The van der Waals surface area contributed by atoms with Gasteiger partial charge in [-0.25, -0.2) is 0 Å². The first kappa shape index (κ1) is 68.6. The van der Waals surface area contributed by atoms with Crippen LogP contribution < -0.4 is 9.47 Å². The number of hydrogen-bond acceptors (Lipinski definition) is 18. The molecular formula is C61H92Br2N2O16.